The van der Waals surface area contributed by atoms with Gasteiger partial charge in [-0.25, -0.2) is 0 Å². The molecule has 88 valence electrons. The molecule has 1 aromatic rings. The second kappa shape index (κ2) is 6.24. The van der Waals surface area contributed by atoms with E-state index in [0.29, 0.717) is 29.1 Å². The molecule has 0 bridgehead atoms. The monoisotopic (exact) mass is 259 g/mol. The van der Waals surface area contributed by atoms with Crippen LogP contribution in [-0.4, -0.2) is 18.4 Å². The summed E-state index contributed by atoms with van der Waals surface area (Å²) in [5.41, 5.74) is 0.782. The fraction of sp³-hybridized carbons (Fsp3) is 0.417. The third-order valence-corrected chi connectivity index (χ3v) is 2.98. The van der Waals surface area contributed by atoms with Crippen molar-refractivity contribution in [1.29, 1.82) is 0 Å². The average Bonchev–Trinajstić information content (AvgIpc) is 2.22. The van der Waals surface area contributed by atoms with Crippen LogP contribution < -0.4 is 5.32 Å². The van der Waals surface area contributed by atoms with E-state index in [-0.39, 0.29) is 5.78 Å². The highest BCUT2D eigenvalue weighted by Crippen LogP contribution is 2.25. The molecule has 2 nitrogen and oxygen atoms in total. The maximum atomic E-state index is 11.6. The number of ketones is 1. The van der Waals surface area contributed by atoms with E-state index in [0.717, 1.165) is 5.56 Å². The van der Waals surface area contributed by atoms with Gasteiger partial charge in [0.2, 0.25) is 0 Å². The van der Waals surface area contributed by atoms with Gasteiger partial charge < -0.3 is 5.32 Å². The normalized spacial score (nSPS) is 10.8. The van der Waals surface area contributed by atoms with Gasteiger partial charge in [-0.2, -0.15) is 0 Å². The first-order valence-corrected chi connectivity index (χ1v) is 5.94. The van der Waals surface area contributed by atoms with Crippen LogP contribution in [0.1, 0.15) is 19.4 Å². The van der Waals surface area contributed by atoms with Crippen LogP contribution in [0.2, 0.25) is 10.0 Å². The minimum absolute atomic E-state index is 0.109. The molecule has 16 heavy (non-hydrogen) atoms. The lowest BCUT2D eigenvalue weighted by molar-refractivity contribution is -0.117. The Morgan fingerprint density at radius 1 is 1.38 bits per heavy atom. The zero-order valence-corrected chi connectivity index (χ0v) is 10.9. The molecule has 0 aromatic heterocycles. The smallest absolute Gasteiger partial charge is 0.151 e. The lowest BCUT2D eigenvalue weighted by atomic mass is 10.1. The third kappa shape index (κ3) is 4.12. The van der Waals surface area contributed by atoms with Gasteiger partial charge in [-0.05, 0) is 11.6 Å². The zero-order chi connectivity index (χ0) is 12.1. The lowest BCUT2D eigenvalue weighted by Crippen LogP contribution is -2.30. The summed E-state index contributed by atoms with van der Waals surface area (Å²) >= 11 is 11.9. The van der Waals surface area contributed by atoms with Gasteiger partial charge >= 0.3 is 0 Å². The fourth-order valence-corrected chi connectivity index (χ4v) is 1.66. The molecule has 0 aliphatic rings. The molecule has 0 fully saturated rings. The predicted octanol–water partition coefficient (Wildman–Crippen LogP) is 3.10. The first-order valence-electron chi connectivity index (χ1n) is 5.18. The van der Waals surface area contributed by atoms with E-state index in [4.69, 9.17) is 23.2 Å². The zero-order valence-electron chi connectivity index (χ0n) is 9.39. The molecule has 0 heterocycles. The summed E-state index contributed by atoms with van der Waals surface area (Å²) in [6.07, 6.45) is 0.319. The highest BCUT2D eigenvalue weighted by atomic mass is 35.5. The molecule has 0 spiro atoms. The minimum Gasteiger partial charge on any atom is -0.308 e. The molecule has 1 aromatic carbocycles. The maximum absolute atomic E-state index is 11.6. The first kappa shape index (κ1) is 13.5. The summed E-state index contributed by atoms with van der Waals surface area (Å²) < 4.78 is 0. The highest BCUT2D eigenvalue weighted by molar-refractivity contribution is 6.42. The van der Waals surface area contributed by atoms with Crippen molar-refractivity contribution in [1.82, 2.24) is 5.32 Å². The number of carbonyl (C=O) groups is 1. The topological polar surface area (TPSA) is 29.1 Å². The van der Waals surface area contributed by atoms with Crippen LogP contribution in [0.4, 0.5) is 0 Å². The number of rotatable bonds is 5. The molecule has 0 saturated heterocycles. The van der Waals surface area contributed by atoms with Crippen LogP contribution in [0.3, 0.4) is 0 Å². The Morgan fingerprint density at radius 2 is 2.06 bits per heavy atom. The van der Waals surface area contributed by atoms with Gasteiger partial charge in [0, 0.05) is 12.5 Å². The molecule has 0 saturated carbocycles. The number of nitrogens with one attached hydrogen (secondary N) is 1. The van der Waals surface area contributed by atoms with Gasteiger partial charge in [-0.1, -0.05) is 49.2 Å². The molecule has 0 aliphatic heterocycles. The number of Topliss-reactive ketones (excluding diaryl/α,β-unsaturated/α-hetero) is 1. The van der Waals surface area contributed by atoms with Gasteiger partial charge in [0.1, 0.15) is 0 Å². The van der Waals surface area contributed by atoms with Crippen molar-refractivity contribution in [2.24, 2.45) is 0 Å². The molecular formula is C12H15Cl2NO. The Labute approximate surface area is 106 Å². The minimum atomic E-state index is 0.109. The Morgan fingerprint density at radius 3 is 2.69 bits per heavy atom. The summed E-state index contributed by atoms with van der Waals surface area (Å²) in [7, 11) is 0. The number of hydrogen-bond donors (Lipinski definition) is 1. The quantitative estimate of drug-likeness (QED) is 0.881. The summed E-state index contributed by atoms with van der Waals surface area (Å²) in [4.78, 5) is 11.6. The molecule has 4 heteroatoms. The number of hydrogen-bond acceptors (Lipinski definition) is 2. The molecule has 1 N–H and O–H groups in total. The van der Waals surface area contributed by atoms with Crippen molar-refractivity contribution >= 4 is 29.0 Å². The Hall–Kier alpha value is -0.570. The fourth-order valence-electron chi connectivity index (χ4n) is 1.28. The van der Waals surface area contributed by atoms with Crippen molar-refractivity contribution in [3.8, 4) is 0 Å². The molecular weight excluding hydrogens is 245 g/mol. The van der Waals surface area contributed by atoms with Crippen LogP contribution in [0.15, 0.2) is 18.2 Å². The van der Waals surface area contributed by atoms with E-state index in [1.54, 1.807) is 12.1 Å². The van der Waals surface area contributed by atoms with Crippen LogP contribution in [0.5, 0.6) is 0 Å². The SMILES string of the molecule is CC(C)NCC(=O)Cc1cccc(Cl)c1Cl. The molecule has 0 aliphatic carbocycles. The van der Waals surface area contributed by atoms with Gasteiger partial charge in [-0.3, -0.25) is 4.79 Å². The predicted molar refractivity (Wildman–Crippen MR) is 68.3 cm³/mol. The molecule has 0 radical (unpaired) electrons. The van der Waals surface area contributed by atoms with Gasteiger partial charge in [0.15, 0.2) is 5.78 Å². The largest absolute Gasteiger partial charge is 0.308 e. The van der Waals surface area contributed by atoms with E-state index in [9.17, 15) is 4.79 Å². The summed E-state index contributed by atoms with van der Waals surface area (Å²) in [6, 6.07) is 5.64. The maximum Gasteiger partial charge on any atom is 0.151 e. The van der Waals surface area contributed by atoms with Gasteiger partial charge in [-0.15, -0.1) is 0 Å². The Bertz CT molecular complexity index is 377. The Kier molecular flexibility index (Phi) is 5.26. The molecule has 0 unspecified atom stereocenters. The van der Waals surface area contributed by atoms with Gasteiger partial charge in [0.05, 0.1) is 16.6 Å². The van der Waals surface area contributed by atoms with Crippen LogP contribution >= 0.6 is 23.2 Å². The van der Waals surface area contributed by atoms with E-state index >= 15 is 0 Å². The highest BCUT2D eigenvalue weighted by Gasteiger charge is 2.09. The van der Waals surface area contributed by atoms with Gasteiger partial charge in [0.25, 0.3) is 0 Å². The number of halogens is 2. The molecule has 0 amide bonds. The summed E-state index contributed by atoms with van der Waals surface area (Å²) in [5.74, 6) is 0.109. The number of benzene rings is 1. The van der Waals surface area contributed by atoms with Crippen molar-refractivity contribution in [2.45, 2.75) is 26.3 Å². The molecule has 0 atom stereocenters. The summed E-state index contributed by atoms with van der Waals surface area (Å²) in [6.45, 7) is 4.36. The van der Waals surface area contributed by atoms with Crippen molar-refractivity contribution < 1.29 is 4.79 Å². The summed E-state index contributed by atoms with van der Waals surface area (Å²) in [5, 5.41) is 4.04. The van der Waals surface area contributed by atoms with Crippen molar-refractivity contribution in [2.75, 3.05) is 6.54 Å². The van der Waals surface area contributed by atoms with E-state index in [1.165, 1.54) is 0 Å². The Balaban J connectivity index is 2.59. The van der Waals surface area contributed by atoms with Crippen LogP contribution in [0, 0.1) is 0 Å². The first-order chi connectivity index (χ1) is 7.50. The third-order valence-electron chi connectivity index (χ3n) is 2.13. The van der Waals surface area contributed by atoms with E-state index in [1.807, 2.05) is 19.9 Å². The van der Waals surface area contributed by atoms with Crippen LogP contribution in [0.25, 0.3) is 0 Å². The average molecular weight is 260 g/mol. The number of carbonyl (C=O) groups excluding carboxylic acids is 1. The molecule has 1 rings (SSSR count). The lowest BCUT2D eigenvalue weighted by Gasteiger charge is -2.08. The van der Waals surface area contributed by atoms with E-state index in [2.05, 4.69) is 5.32 Å². The second-order valence-electron chi connectivity index (χ2n) is 3.96. The van der Waals surface area contributed by atoms with Crippen LogP contribution in [-0.2, 0) is 11.2 Å². The van der Waals surface area contributed by atoms with Crippen molar-refractivity contribution in [3.63, 3.8) is 0 Å². The second-order valence-corrected chi connectivity index (χ2v) is 4.75. The van der Waals surface area contributed by atoms with Crippen molar-refractivity contribution in [3.05, 3.63) is 33.8 Å². The van der Waals surface area contributed by atoms with E-state index < -0.39 is 0 Å². The standard InChI is InChI=1S/C12H15Cl2NO/c1-8(2)15-7-10(16)6-9-4-3-5-11(13)12(9)14/h3-5,8,15H,6-7H2,1-2H3.